The Bertz CT molecular complexity index is 143. The molecule has 3 nitrogen and oxygen atoms in total. The van der Waals surface area contributed by atoms with Gasteiger partial charge in [0, 0.05) is 13.0 Å². The Morgan fingerprint density at radius 2 is 2.09 bits per heavy atom. The lowest BCUT2D eigenvalue weighted by molar-refractivity contribution is -0.119. The molecule has 1 amide bonds. The molecule has 0 atom stereocenters. The van der Waals surface area contributed by atoms with E-state index in [2.05, 4.69) is 5.32 Å². The van der Waals surface area contributed by atoms with Crippen LogP contribution in [0, 0.1) is 0 Å². The van der Waals surface area contributed by atoms with Gasteiger partial charge in [0.05, 0.1) is 0 Å². The van der Waals surface area contributed by atoms with E-state index in [0.717, 1.165) is 25.9 Å². The Hall–Kier alpha value is -0.505. The summed E-state index contributed by atoms with van der Waals surface area (Å²) in [7, 11) is 5.55. The molecule has 2 radical (unpaired) electrons. The Kier molecular flexibility index (Phi) is 2.94. The van der Waals surface area contributed by atoms with Gasteiger partial charge < -0.3 is 10.1 Å². The summed E-state index contributed by atoms with van der Waals surface area (Å²) < 4.78 is 0. The molecule has 1 fully saturated rings. The average molecular weight is 152 g/mol. The number of rotatable bonds is 1. The van der Waals surface area contributed by atoms with Crippen LogP contribution in [0.5, 0.6) is 0 Å². The van der Waals surface area contributed by atoms with E-state index in [9.17, 15) is 4.79 Å². The number of hydrogen-bond donors (Lipinski definition) is 1. The Labute approximate surface area is 68.6 Å². The standard InChI is InChI=1S/C7H13BN2O/c1-6(11)9-7-2-4-10(8)5-3-7/h7H,2-5H2,1H3,(H,9,11). The molecule has 11 heavy (non-hydrogen) atoms. The van der Waals surface area contributed by atoms with Gasteiger partial charge in [-0.3, -0.25) is 4.79 Å². The van der Waals surface area contributed by atoms with Crippen LogP contribution in [0.3, 0.4) is 0 Å². The summed E-state index contributed by atoms with van der Waals surface area (Å²) >= 11 is 0. The molecule has 0 saturated carbocycles. The molecule has 1 aliphatic rings. The maximum atomic E-state index is 10.6. The van der Waals surface area contributed by atoms with Crippen molar-refractivity contribution in [1.29, 1.82) is 0 Å². The molecule has 0 aromatic rings. The first-order valence-electron chi connectivity index (χ1n) is 3.95. The van der Waals surface area contributed by atoms with Crippen LogP contribution in [0.1, 0.15) is 19.8 Å². The molecular formula is C7H13BN2O. The normalized spacial score (nSPS) is 21.5. The monoisotopic (exact) mass is 152 g/mol. The molecule has 0 unspecified atom stereocenters. The molecule has 0 spiro atoms. The van der Waals surface area contributed by atoms with Gasteiger partial charge in [-0.1, -0.05) is 0 Å². The number of nitrogens with zero attached hydrogens (tertiary/aromatic N) is 1. The number of amides is 1. The van der Waals surface area contributed by atoms with Gasteiger partial charge >= 0.3 is 0 Å². The summed E-state index contributed by atoms with van der Waals surface area (Å²) in [5, 5.41) is 2.88. The van der Waals surface area contributed by atoms with Gasteiger partial charge in [-0.05, 0) is 25.9 Å². The number of carbonyl (C=O) groups is 1. The highest BCUT2D eigenvalue weighted by atomic mass is 16.1. The van der Waals surface area contributed by atoms with Gasteiger partial charge in [-0.15, -0.1) is 0 Å². The summed E-state index contributed by atoms with van der Waals surface area (Å²) in [4.78, 5) is 12.4. The molecule has 1 saturated heterocycles. The molecule has 0 aromatic heterocycles. The molecule has 4 heteroatoms. The second-order valence-corrected chi connectivity index (χ2v) is 3.01. The number of hydrogen-bond acceptors (Lipinski definition) is 2. The van der Waals surface area contributed by atoms with Crippen LogP contribution in [0.4, 0.5) is 0 Å². The average Bonchev–Trinajstić information content (AvgIpc) is 1.93. The molecule has 0 aliphatic carbocycles. The van der Waals surface area contributed by atoms with Crippen molar-refractivity contribution < 1.29 is 4.79 Å². The van der Waals surface area contributed by atoms with E-state index in [1.807, 2.05) is 0 Å². The van der Waals surface area contributed by atoms with Crippen molar-refractivity contribution in [3.63, 3.8) is 0 Å². The van der Waals surface area contributed by atoms with Gasteiger partial charge in [-0.2, -0.15) is 0 Å². The number of carbonyl (C=O) groups excluding carboxylic acids is 1. The minimum Gasteiger partial charge on any atom is -0.354 e. The van der Waals surface area contributed by atoms with Crippen molar-refractivity contribution >= 4 is 13.9 Å². The molecular weight excluding hydrogens is 139 g/mol. The third-order valence-corrected chi connectivity index (χ3v) is 1.94. The van der Waals surface area contributed by atoms with Crippen LogP contribution in [-0.4, -0.2) is 37.8 Å². The van der Waals surface area contributed by atoms with Crippen LogP contribution in [0.2, 0.25) is 0 Å². The fraction of sp³-hybridized carbons (Fsp3) is 0.857. The molecule has 0 aromatic carbocycles. The fourth-order valence-electron chi connectivity index (χ4n) is 1.33. The Balaban J connectivity index is 2.22. The molecule has 0 bridgehead atoms. The summed E-state index contributed by atoms with van der Waals surface area (Å²) in [6, 6.07) is 0.340. The van der Waals surface area contributed by atoms with E-state index in [-0.39, 0.29) is 5.91 Å². The third kappa shape index (κ3) is 2.93. The van der Waals surface area contributed by atoms with Crippen LogP contribution in [0.25, 0.3) is 0 Å². The van der Waals surface area contributed by atoms with E-state index in [1.54, 1.807) is 11.7 Å². The first-order valence-corrected chi connectivity index (χ1v) is 3.95. The summed E-state index contributed by atoms with van der Waals surface area (Å²) in [5.41, 5.74) is 0. The van der Waals surface area contributed by atoms with Crippen molar-refractivity contribution in [3.8, 4) is 0 Å². The van der Waals surface area contributed by atoms with Gasteiger partial charge in [0.15, 0.2) is 7.98 Å². The summed E-state index contributed by atoms with van der Waals surface area (Å²) in [6.07, 6.45) is 1.94. The first-order chi connectivity index (χ1) is 5.18. The first kappa shape index (κ1) is 8.59. The van der Waals surface area contributed by atoms with Gasteiger partial charge in [0.25, 0.3) is 0 Å². The van der Waals surface area contributed by atoms with Crippen LogP contribution < -0.4 is 5.32 Å². The highest BCUT2D eigenvalue weighted by Crippen LogP contribution is 2.06. The highest BCUT2D eigenvalue weighted by molar-refractivity contribution is 6.04. The lowest BCUT2D eigenvalue weighted by atomic mass is 10.0. The van der Waals surface area contributed by atoms with Gasteiger partial charge in [-0.25, -0.2) is 0 Å². The Morgan fingerprint density at radius 3 is 2.55 bits per heavy atom. The predicted molar refractivity (Wildman–Crippen MR) is 44.2 cm³/mol. The molecule has 1 N–H and O–H groups in total. The molecule has 1 rings (SSSR count). The predicted octanol–water partition coefficient (Wildman–Crippen LogP) is -0.330. The zero-order valence-electron chi connectivity index (χ0n) is 6.84. The van der Waals surface area contributed by atoms with Crippen molar-refractivity contribution in [3.05, 3.63) is 0 Å². The zero-order chi connectivity index (χ0) is 8.27. The molecule has 1 aliphatic heterocycles. The highest BCUT2D eigenvalue weighted by Gasteiger charge is 2.15. The minimum atomic E-state index is 0.0560. The number of nitrogens with one attached hydrogen (secondary N) is 1. The van der Waals surface area contributed by atoms with Crippen molar-refractivity contribution in [2.45, 2.75) is 25.8 Å². The third-order valence-electron chi connectivity index (χ3n) is 1.94. The van der Waals surface area contributed by atoms with Crippen molar-refractivity contribution in [2.75, 3.05) is 13.1 Å². The summed E-state index contributed by atoms with van der Waals surface area (Å²) in [6.45, 7) is 3.31. The van der Waals surface area contributed by atoms with Gasteiger partial charge in [0.2, 0.25) is 5.91 Å². The van der Waals surface area contributed by atoms with Gasteiger partial charge in [0.1, 0.15) is 0 Å². The van der Waals surface area contributed by atoms with Crippen LogP contribution in [0.15, 0.2) is 0 Å². The summed E-state index contributed by atoms with van der Waals surface area (Å²) in [5.74, 6) is 0.0560. The minimum absolute atomic E-state index is 0.0560. The quantitative estimate of drug-likeness (QED) is 0.521. The van der Waals surface area contributed by atoms with E-state index in [0.29, 0.717) is 6.04 Å². The molecule has 60 valence electrons. The van der Waals surface area contributed by atoms with Crippen molar-refractivity contribution in [2.24, 2.45) is 0 Å². The van der Waals surface area contributed by atoms with Crippen LogP contribution in [-0.2, 0) is 4.79 Å². The van der Waals surface area contributed by atoms with E-state index in [1.165, 1.54) is 0 Å². The lowest BCUT2D eigenvalue weighted by Gasteiger charge is -2.29. The second-order valence-electron chi connectivity index (χ2n) is 3.01. The van der Waals surface area contributed by atoms with E-state index in [4.69, 9.17) is 7.98 Å². The largest absolute Gasteiger partial charge is 0.354 e. The zero-order valence-corrected chi connectivity index (χ0v) is 6.84. The maximum absolute atomic E-state index is 10.6. The molecule has 1 heterocycles. The second kappa shape index (κ2) is 3.76. The van der Waals surface area contributed by atoms with Crippen LogP contribution >= 0.6 is 0 Å². The Morgan fingerprint density at radius 1 is 1.55 bits per heavy atom. The smallest absolute Gasteiger partial charge is 0.217 e. The topological polar surface area (TPSA) is 32.3 Å². The van der Waals surface area contributed by atoms with E-state index < -0.39 is 0 Å². The van der Waals surface area contributed by atoms with Crippen molar-refractivity contribution in [1.82, 2.24) is 10.1 Å². The lowest BCUT2D eigenvalue weighted by Crippen LogP contribution is -2.43. The maximum Gasteiger partial charge on any atom is 0.217 e. The SMILES string of the molecule is [B]N1CCC(NC(C)=O)CC1. The number of piperidine rings is 1. The fourth-order valence-corrected chi connectivity index (χ4v) is 1.33. The van der Waals surface area contributed by atoms with E-state index >= 15 is 0 Å².